The fourth-order valence-corrected chi connectivity index (χ4v) is 2.34. The van der Waals surface area contributed by atoms with Crippen LogP contribution >= 0.6 is 0 Å². The van der Waals surface area contributed by atoms with Crippen molar-refractivity contribution in [1.82, 2.24) is 5.43 Å². The molecule has 0 aromatic rings. The average molecular weight is 252 g/mol. The van der Waals surface area contributed by atoms with Gasteiger partial charge in [0, 0.05) is 24.7 Å². The Labute approximate surface area is 98.6 Å². The summed E-state index contributed by atoms with van der Waals surface area (Å²) >= 11 is 0. The molecule has 0 aromatic heterocycles. The third-order valence-corrected chi connectivity index (χ3v) is 3.59. The molecule has 0 rings (SSSR count). The molecular weight excluding hydrogens is 228 g/mol. The van der Waals surface area contributed by atoms with Gasteiger partial charge < -0.3 is 4.74 Å². The SMILES string of the molecule is CCOC(C)(C)C(CCCS(C)(=O)=O)NN. The molecule has 5 nitrogen and oxygen atoms in total. The van der Waals surface area contributed by atoms with Gasteiger partial charge in [0.15, 0.2) is 0 Å². The van der Waals surface area contributed by atoms with E-state index in [2.05, 4.69) is 5.43 Å². The number of hydrogen-bond acceptors (Lipinski definition) is 5. The van der Waals surface area contributed by atoms with Crippen LogP contribution in [0.4, 0.5) is 0 Å². The quantitative estimate of drug-likeness (QED) is 0.484. The van der Waals surface area contributed by atoms with Crippen LogP contribution in [0.3, 0.4) is 0 Å². The van der Waals surface area contributed by atoms with Crippen LogP contribution in [0.1, 0.15) is 33.6 Å². The van der Waals surface area contributed by atoms with Gasteiger partial charge in [0.1, 0.15) is 9.84 Å². The monoisotopic (exact) mass is 252 g/mol. The summed E-state index contributed by atoms with van der Waals surface area (Å²) in [7, 11) is -2.90. The van der Waals surface area contributed by atoms with Gasteiger partial charge in [-0.2, -0.15) is 0 Å². The lowest BCUT2D eigenvalue weighted by molar-refractivity contribution is -0.0402. The first kappa shape index (κ1) is 15.8. The first-order valence-electron chi connectivity index (χ1n) is 5.50. The summed E-state index contributed by atoms with van der Waals surface area (Å²) in [6, 6.07) is -0.0470. The molecule has 0 radical (unpaired) electrons. The summed E-state index contributed by atoms with van der Waals surface area (Å²) in [5, 5.41) is 0. The van der Waals surface area contributed by atoms with Gasteiger partial charge in [-0.25, -0.2) is 8.42 Å². The van der Waals surface area contributed by atoms with Crippen LogP contribution in [-0.2, 0) is 14.6 Å². The highest BCUT2D eigenvalue weighted by atomic mass is 32.2. The highest BCUT2D eigenvalue weighted by Gasteiger charge is 2.28. The van der Waals surface area contributed by atoms with Gasteiger partial charge in [0.05, 0.1) is 5.60 Å². The highest BCUT2D eigenvalue weighted by Crippen LogP contribution is 2.18. The van der Waals surface area contributed by atoms with Crippen molar-refractivity contribution < 1.29 is 13.2 Å². The molecule has 16 heavy (non-hydrogen) atoms. The second-order valence-corrected chi connectivity index (χ2v) is 6.79. The Bertz CT molecular complexity index is 288. The van der Waals surface area contributed by atoms with Crippen molar-refractivity contribution in [3.05, 3.63) is 0 Å². The Morgan fingerprint density at radius 1 is 1.44 bits per heavy atom. The van der Waals surface area contributed by atoms with Crippen molar-refractivity contribution in [2.75, 3.05) is 18.6 Å². The van der Waals surface area contributed by atoms with Crippen LogP contribution in [0, 0.1) is 0 Å². The van der Waals surface area contributed by atoms with Crippen LogP contribution in [0.15, 0.2) is 0 Å². The summed E-state index contributed by atoms with van der Waals surface area (Å²) in [6.45, 7) is 6.42. The van der Waals surface area contributed by atoms with Crippen molar-refractivity contribution in [1.29, 1.82) is 0 Å². The molecular formula is C10H24N2O3S. The van der Waals surface area contributed by atoms with E-state index in [1.165, 1.54) is 6.26 Å². The maximum Gasteiger partial charge on any atom is 0.147 e. The predicted molar refractivity (Wildman–Crippen MR) is 65.8 cm³/mol. The van der Waals surface area contributed by atoms with E-state index in [1.807, 2.05) is 20.8 Å². The molecule has 1 unspecified atom stereocenters. The number of sulfone groups is 1. The molecule has 0 amide bonds. The van der Waals surface area contributed by atoms with Crippen LogP contribution in [0.5, 0.6) is 0 Å². The van der Waals surface area contributed by atoms with Crippen molar-refractivity contribution in [2.45, 2.75) is 45.3 Å². The molecule has 1 atom stereocenters. The number of nitrogens with two attached hydrogens (primary N) is 1. The van der Waals surface area contributed by atoms with E-state index in [1.54, 1.807) is 0 Å². The maximum absolute atomic E-state index is 11.0. The Morgan fingerprint density at radius 3 is 2.38 bits per heavy atom. The minimum atomic E-state index is -2.90. The van der Waals surface area contributed by atoms with Gasteiger partial charge in [-0.3, -0.25) is 11.3 Å². The number of ether oxygens (including phenoxy) is 1. The van der Waals surface area contributed by atoms with E-state index in [0.29, 0.717) is 19.4 Å². The van der Waals surface area contributed by atoms with E-state index in [9.17, 15) is 8.42 Å². The van der Waals surface area contributed by atoms with E-state index >= 15 is 0 Å². The molecule has 0 bridgehead atoms. The van der Waals surface area contributed by atoms with Crippen molar-refractivity contribution >= 4 is 9.84 Å². The largest absolute Gasteiger partial charge is 0.374 e. The zero-order valence-electron chi connectivity index (χ0n) is 10.6. The predicted octanol–water partition coefficient (Wildman–Crippen LogP) is 0.458. The molecule has 0 fully saturated rings. The molecule has 0 aliphatic carbocycles. The summed E-state index contributed by atoms with van der Waals surface area (Å²) in [4.78, 5) is 0. The molecule has 0 saturated heterocycles. The third kappa shape index (κ3) is 6.42. The van der Waals surface area contributed by atoms with E-state index < -0.39 is 9.84 Å². The Morgan fingerprint density at radius 2 is 2.00 bits per heavy atom. The Hall–Kier alpha value is -0.170. The third-order valence-electron chi connectivity index (χ3n) is 2.56. The van der Waals surface area contributed by atoms with Gasteiger partial charge in [-0.1, -0.05) is 0 Å². The summed E-state index contributed by atoms with van der Waals surface area (Å²) in [6.07, 6.45) is 2.51. The topological polar surface area (TPSA) is 81.4 Å². The maximum atomic E-state index is 11.0. The molecule has 0 heterocycles. The lowest BCUT2D eigenvalue weighted by Crippen LogP contribution is -2.51. The van der Waals surface area contributed by atoms with Crippen LogP contribution in [0.2, 0.25) is 0 Å². The normalized spacial score (nSPS) is 15.1. The Kier molecular flexibility index (Phi) is 6.47. The van der Waals surface area contributed by atoms with Gasteiger partial charge in [-0.15, -0.1) is 0 Å². The van der Waals surface area contributed by atoms with Crippen molar-refractivity contribution in [2.24, 2.45) is 5.84 Å². The molecule has 0 aliphatic heterocycles. The molecule has 3 N–H and O–H groups in total. The Balaban J connectivity index is 4.20. The minimum Gasteiger partial charge on any atom is -0.374 e. The van der Waals surface area contributed by atoms with Crippen LogP contribution in [-0.4, -0.2) is 38.7 Å². The van der Waals surface area contributed by atoms with Crippen LogP contribution in [0.25, 0.3) is 0 Å². The number of nitrogens with one attached hydrogen (secondary N) is 1. The minimum absolute atomic E-state index is 0.0470. The lowest BCUT2D eigenvalue weighted by Gasteiger charge is -2.33. The van der Waals surface area contributed by atoms with E-state index in [0.717, 1.165) is 0 Å². The highest BCUT2D eigenvalue weighted by molar-refractivity contribution is 7.90. The summed E-state index contributed by atoms with van der Waals surface area (Å²) in [5.74, 6) is 5.65. The molecule has 0 spiro atoms. The number of hydrazine groups is 1. The zero-order valence-corrected chi connectivity index (χ0v) is 11.4. The molecule has 0 saturated carbocycles. The van der Waals surface area contributed by atoms with Gasteiger partial charge in [-0.05, 0) is 33.6 Å². The molecule has 6 heteroatoms. The molecule has 0 aliphatic rings. The van der Waals surface area contributed by atoms with E-state index in [4.69, 9.17) is 10.6 Å². The van der Waals surface area contributed by atoms with Gasteiger partial charge >= 0.3 is 0 Å². The smallest absolute Gasteiger partial charge is 0.147 e. The number of rotatable bonds is 8. The fraction of sp³-hybridized carbons (Fsp3) is 1.00. The standard InChI is InChI=1S/C10H24N2O3S/c1-5-15-10(2,3)9(12-11)7-6-8-16(4,13)14/h9,12H,5-8,11H2,1-4H3. The van der Waals surface area contributed by atoms with E-state index in [-0.39, 0.29) is 17.4 Å². The first-order chi connectivity index (χ1) is 7.23. The summed E-state index contributed by atoms with van der Waals surface area (Å²) in [5.41, 5.74) is 2.31. The first-order valence-corrected chi connectivity index (χ1v) is 7.56. The average Bonchev–Trinajstić information content (AvgIpc) is 2.10. The molecule has 98 valence electrons. The zero-order chi connectivity index (χ0) is 12.8. The second-order valence-electron chi connectivity index (χ2n) is 4.53. The van der Waals surface area contributed by atoms with Gasteiger partial charge in [0.2, 0.25) is 0 Å². The fourth-order valence-electron chi connectivity index (χ4n) is 1.65. The van der Waals surface area contributed by atoms with Crippen LogP contribution < -0.4 is 11.3 Å². The molecule has 0 aromatic carbocycles. The summed E-state index contributed by atoms with van der Waals surface area (Å²) < 4.78 is 27.6. The van der Waals surface area contributed by atoms with Crippen molar-refractivity contribution in [3.8, 4) is 0 Å². The second kappa shape index (κ2) is 6.54. The lowest BCUT2D eigenvalue weighted by atomic mass is 9.95. The van der Waals surface area contributed by atoms with Crippen molar-refractivity contribution in [3.63, 3.8) is 0 Å². The van der Waals surface area contributed by atoms with Gasteiger partial charge in [0.25, 0.3) is 0 Å². The number of hydrogen-bond donors (Lipinski definition) is 2.